The second-order valence-corrected chi connectivity index (χ2v) is 7.68. The first kappa shape index (κ1) is 33.2. The van der Waals surface area contributed by atoms with Crippen molar-refractivity contribution < 1.29 is 43.0 Å². The number of halogens is 1. The zero-order valence-electron chi connectivity index (χ0n) is 20.7. The van der Waals surface area contributed by atoms with Crippen LogP contribution in [-0.4, -0.2) is 91.3 Å². The van der Waals surface area contributed by atoms with Gasteiger partial charge in [0, 0.05) is 18.2 Å². The highest BCUT2D eigenvalue weighted by Gasteiger charge is 1.97. The topological polar surface area (TPSA) is 90.9 Å². The maximum Gasteiger partial charge on any atom is 0.435 e. The molecule has 0 spiro atoms. The molecule has 0 rings (SSSR count). The van der Waals surface area contributed by atoms with E-state index < -0.39 is 5.43 Å². The van der Waals surface area contributed by atoms with Gasteiger partial charge in [-0.1, -0.05) is 38.2 Å². The average Bonchev–Trinajstić information content (AvgIpc) is 2.83. The van der Waals surface area contributed by atoms with E-state index in [9.17, 15) is 4.79 Å². The molecule has 0 amide bonds. The summed E-state index contributed by atoms with van der Waals surface area (Å²) < 4.78 is 32.5. The Morgan fingerprint density at radius 3 is 1.29 bits per heavy atom. The minimum atomic E-state index is -1.01. The normalized spacial score (nSPS) is 11.1. The van der Waals surface area contributed by atoms with Gasteiger partial charge in [0.25, 0.3) is 0 Å². The molecule has 0 bridgehead atoms. The van der Waals surface area contributed by atoms with E-state index in [4.69, 9.17) is 40.0 Å². The van der Waals surface area contributed by atoms with Crippen LogP contribution in [0.5, 0.6) is 0 Å². The summed E-state index contributed by atoms with van der Waals surface area (Å²) in [6.07, 6.45) is 12.1. The third kappa shape index (κ3) is 31.2. The highest BCUT2D eigenvalue weighted by Crippen LogP contribution is 2.08. The van der Waals surface area contributed by atoms with Gasteiger partial charge in [-0.2, -0.15) is 4.89 Å². The fourth-order valence-corrected chi connectivity index (χ4v) is 2.80. The number of carbonyl (C=O) groups excluding carboxylic acids is 1. The molecule has 0 aromatic rings. The lowest BCUT2D eigenvalue weighted by Crippen LogP contribution is -2.14. The summed E-state index contributed by atoms with van der Waals surface area (Å²) in [6.45, 7) is 10.1. The highest BCUT2D eigenvalue weighted by atomic mass is 35.5. The van der Waals surface area contributed by atoms with Gasteiger partial charge in [0.1, 0.15) is 6.61 Å². The monoisotopic (exact) mass is 512 g/mol. The van der Waals surface area contributed by atoms with Crippen molar-refractivity contribution in [2.24, 2.45) is 0 Å². The van der Waals surface area contributed by atoms with E-state index in [-0.39, 0.29) is 13.2 Å². The summed E-state index contributed by atoms with van der Waals surface area (Å²) in [4.78, 5) is 18.8. The summed E-state index contributed by atoms with van der Waals surface area (Å²) in [7, 11) is 0. The minimum Gasteiger partial charge on any atom is -0.379 e. The molecule has 0 unspecified atom stereocenters. The smallest absolute Gasteiger partial charge is 0.379 e. The molecule has 10 heteroatoms. The summed E-state index contributed by atoms with van der Waals surface area (Å²) in [6, 6.07) is 0. The lowest BCUT2D eigenvalue weighted by Gasteiger charge is -2.08. The first-order valence-electron chi connectivity index (χ1n) is 12.3. The van der Waals surface area contributed by atoms with Crippen LogP contribution in [0.2, 0.25) is 0 Å². The van der Waals surface area contributed by atoms with E-state index in [2.05, 4.69) is 16.4 Å². The van der Waals surface area contributed by atoms with E-state index in [1.807, 2.05) is 6.08 Å². The number of hydrogen-bond acceptors (Lipinski definition) is 9. The van der Waals surface area contributed by atoms with Gasteiger partial charge >= 0.3 is 5.43 Å². The lowest BCUT2D eigenvalue weighted by molar-refractivity contribution is -0.238. The Labute approximate surface area is 210 Å². The third-order valence-electron chi connectivity index (χ3n) is 4.49. The fourth-order valence-electron chi connectivity index (χ4n) is 2.76. The summed E-state index contributed by atoms with van der Waals surface area (Å²) in [5.74, 6) is 0. The predicted molar refractivity (Wildman–Crippen MR) is 130 cm³/mol. The Morgan fingerprint density at radius 2 is 0.882 bits per heavy atom. The van der Waals surface area contributed by atoms with Crippen molar-refractivity contribution in [2.45, 2.75) is 51.4 Å². The van der Waals surface area contributed by atoms with Gasteiger partial charge in [0.05, 0.1) is 72.7 Å². The van der Waals surface area contributed by atoms with E-state index in [1.165, 1.54) is 38.5 Å². The second-order valence-electron chi connectivity index (χ2n) is 7.37. The van der Waals surface area contributed by atoms with Crippen molar-refractivity contribution in [1.82, 2.24) is 0 Å². The Kier molecular flexibility index (Phi) is 29.6. The molecule has 0 aromatic heterocycles. The van der Waals surface area contributed by atoms with Crippen LogP contribution in [0.3, 0.4) is 0 Å². The van der Waals surface area contributed by atoms with Gasteiger partial charge < -0.3 is 28.4 Å². The molecule has 0 aromatic carbocycles. The molecule has 0 aliphatic heterocycles. The first-order chi connectivity index (χ1) is 16.8. The molecule has 0 radical (unpaired) electrons. The van der Waals surface area contributed by atoms with Gasteiger partial charge in [-0.15, -0.1) is 6.58 Å². The maximum atomic E-state index is 10.2. The molecular formula is C24H45ClO9. The summed E-state index contributed by atoms with van der Waals surface area (Å²) in [5.41, 5.74) is -1.01. The van der Waals surface area contributed by atoms with Gasteiger partial charge in [-0.05, 0) is 19.3 Å². The van der Waals surface area contributed by atoms with Crippen LogP contribution < -0.4 is 0 Å². The van der Waals surface area contributed by atoms with E-state index in [0.29, 0.717) is 66.1 Å². The Balaban J connectivity index is 3.01. The standard InChI is InChI=1S/C24H45ClO9/c1-2-3-4-5-6-7-8-9-10-11-27-12-13-28-14-15-29-16-17-30-18-19-31-20-21-32-22-23-33-34-24(25)26/h2H,1,3-23H2. The molecule has 0 fully saturated rings. The molecule has 0 aliphatic carbocycles. The van der Waals surface area contributed by atoms with Crippen molar-refractivity contribution in [1.29, 1.82) is 0 Å². The number of unbranched alkanes of at least 4 members (excludes halogenated alkanes) is 7. The number of hydrogen-bond donors (Lipinski definition) is 0. The number of allylic oxidation sites excluding steroid dienone is 1. The zero-order chi connectivity index (χ0) is 24.8. The molecule has 0 saturated heterocycles. The van der Waals surface area contributed by atoms with Crippen molar-refractivity contribution in [3.63, 3.8) is 0 Å². The molecule has 0 saturated carbocycles. The largest absolute Gasteiger partial charge is 0.435 e. The van der Waals surface area contributed by atoms with Crippen LogP contribution in [0.4, 0.5) is 4.79 Å². The third-order valence-corrected chi connectivity index (χ3v) is 4.56. The number of ether oxygens (including phenoxy) is 6. The van der Waals surface area contributed by atoms with E-state index in [0.717, 1.165) is 19.4 Å². The van der Waals surface area contributed by atoms with Crippen LogP contribution in [0.1, 0.15) is 51.4 Å². The first-order valence-corrected chi connectivity index (χ1v) is 12.7. The number of carbonyl (C=O) groups is 1. The fraction of sp³-hybridized carbons (Fsp3) is 0.875. The maximum absolute atomic E-state index is 10.2. The quantitative estimate of drug-likeness (QED) is 0.0464. The van der Waals surface area contributed by atoms with E-state index >= 15 is 0 Å². The summed E-state index contributed by atoms with van der Waals surface area (Å²) in [5, 5.41) is 0. The Morgan fingerprint density at radius 1 is 0.529 bits per heavy atom. The molecule has 9 nitrogen and oxygen atoms in total. The zero-order valence-corrected chi connectivity index (χ0v) is 21.4. The molecule has 0 atom stereocenters. The van der Waals surface area contributed by atoms with E-state index in [1.54, 1.807) is 0 Å². The van der Waals surface area contributed by atoms with Gasteiger partial charge in [0.15, 0.2) is 0 Å². The van der Waals surface area contributed by atoms with Crippen LogP contribution in [0, 0.1) is 0 Å². The molecule has 202 valence electrons. The van der Waals surface area contributed by atoms with Gasteiger partial charge in [-0.3, -0.25) is 4.89 Å². The van der Waals surface area contributed by atoms with Gasteiger partial charge in [0.2, 0.25) is 0 Å². The molecule has 0 heterocycles. The van der Waals surface area contributed by atoms with Crippen molar-refractivity contribution >= 4 is 17.0 Å². The number of rotatable bonds is 29. The Hall–Kier alpha value is -0.780. The van der Waals surface area contributed by atoms with Crippen LogP contribution >= 0.6 is 11.6 Å². The van der Waals surface area contributed by atoms with Crippen LogP contribution in [0.15, 0.2) is 12.7 Å². The van der Waals surface area contributed by atoms with Gasteiger partial charge in [-0.25, -0.2) is 4.79 Å². The van der Waals surface area contributed by atoms with Crippen molar-refractivity contribution in [3.05, 3.63) is 12.7 Å². The molecule has 34 heavy (non-hydrogen) atoms. The van der Waals surface area contributed by atoms with Crippen molar-refractivity contribution in [2.75, 3.05) is 85.9 Å². The Bertz CT molecular complexity index is 427. The van der Waals surface area contributed by atoms with Crippen molar-refractivity contribution in [3.8, 4) is 0 Å². The second kappa shape index (κ2) is 30.3. The average molecular weight is 513 g/mol. The molecule has 0 N–H and O–H groups in total. The lowest BCUT2D eigenvalue weighted by atomic mass is 10.1. The molecule has 0 aliphatic rings. The minimum absolute atomic E-state index is 0.109. The predicted octanol–water partition coefficient (Wildman–Crippen LogP) is 4.70. The summed E-state index contributed by atoms with van der Waals surface area (Å²) >= 11 is 4.92. The van der Waals surface area contributed by atoms with Crippen LogP contribution in [-0.2, 0) is 38.2 Å². The highest BCUT2D eigenvalue weighted by molar-refractivity contribution is 6.61. The van der Waals surface area contributed by atoms with Crippen LogP contribution in [0.25, 0.3) is 0 Å². The molecular weight excluding hydrogens is 468 g/mol. The SMILES string of the molecule is C=CCCCCCCCCCOCCOCCOCCOCCOCCOCCOOC(=O)Cl.